The first-order valence-corrected chi connectivity index (χ1v) is 7.01. The minimum Gasteiger partial charge on any atom is -0.468 e. The first kappa shape index (κ1) is 15.3. The van der Waals surface area contributed by atoms with Gasteiger partial charge in [-0.3, -0.25) is 4.90 Å². The minimum atomic E-state index is 0.0855. The van der Waals surface area contributed by atoms with E-state index in [1.165, 1.54) is 6.42 Å². The molecule has 0 saturated carbocycles. The van der Waals surface area contributed by atoms with Crippen LogP contribution < -0.4 is 5.73 Å². The average molecular weight is 252 g/mol. The van der Waals surface area contributed by atoms with Crippen LogP contribution in [0.4, 0.5) is 0 Å². The van der Waals surface area contributed by atoms with E-state index >= 15 is 0 Å². The molecule has 1 rings (SSSR count). The third kappa shape index (κ3) is 3.59. The van der Waals surface area contributed by atoms with Crippen molar-refractivity contribution in [2.75, 3.05) is 13.6 Å². The summed E-state index contributed by atoms with van der Waals surface area (Å²) in [5.41, 5.74) is 6.16. The molecule has 1 aromatic rings. The first-order chi connectivity index (χ1) is 8.57. The Kier molecular flexibility index (Phi) is 5.89. The highest BCUT2D eigenvalue weighted by Crippen LogP contribution is 2.28. The van der Waals surface area contributed by atoms with Gasteiger partial charge in [0.1, 0.15) is 5.76 Å². The highest BCUT2D eigenvalue weighted by molar-refractivity contribution is 5.00. The van der Waals surface area contributed by atoms with Crippen LogP contribution in [0.3, 0.4) is 0 Å². The number of nitrogens with two attached hydrogens (primary N) is 1. The van der Waals surface area contributed by atoms with E-state index in [9.17, 15) is 0 Å². The molecule has 0 aliphatic rings. The van der Waals surface area contributed by atoms with Gasteiger partial charge in [-0.25, -0.2) is 0 Å². The van der Waals surface area contributed by atoms with Crippen LogP contribution in [-0.4, -0.2) is 24.0 Å². The molecule has 2 unspecified atom stereocenters. The number of nitrogens with zero attached hydrogens (tertiary/aromatic N) is 1. The zero-order chi connectivity index (χ0) is 13.6. The third-order valence-corrected chi connectivity index (χ3v) is 4.25. The van der Waals surface area contributed by atoms with Crippen molar-refractivity contribution in [2.24, 2.45) is 11.7 Å². The molecule has 0 saturated heterocycles. The standard InChI is InChI=1S/C15H28N2O/c1-5-13(3)10-15(6-2,12-16)17(4)11-14-8-7-9-18-14/h7-9,13H,5-6,10-12,16H2,1-4H3. The normalized spacial score (nSPS) is 16.8. The van der Waals surface area contributed by atoms with E-state index in [1.54, 1.807) is 6.26 Å². The van der Waals surface area contributed by atoms with Crippen molar-refractivity contribution in [3.8, 4) is 0 Å². The lowest BCUT2D eigenvalue weighted by Crippen LogP contribution is -2.52. The first-order valence-electron chi connectivity index (χ1n) is 7.01. The van der Waals surface area contributed by atoms with E-state index < -0.39 is 0 Å². The fourth-order valence-electron chi connectivity index (χ4n) is 2.55. The van der Waals surface area contributed by atoms with Gasteiger partial charge in [0.25, 0.3) is 0 Å². The van der Waals surface area contributed by atoms with Gasteiger partial charge in [-0.2, -0.15) is 0 Å². The molecule has 3 heteroatoms. The number of hydrogen-bond donors (Lipinski definition) is 1. The summed E-state index contributed by atoms with van der Waals surface area (Å²) in [7, 11) is 2.15. The molecule has 0 aliphatic heterocycles. The van der Waals surface area contributed by atoms with Crippen molar-refractivity contribution in [3.05, 3.63) is 24.2 Å². The molecule has 0 spiro atoms. The molecule has 0 amide bonds. The second-order valence-electron chi connectivity index (χ2n) is 5.43. The Morgan fingerprint density at radius 2 is 2.17 bits per heavy atom. The number of hydrogen-bond acceptors (Lipinski definition) is 3. The van der Waals surface area contributed by atoms with Crippen LogP contribution in [0.5, 0.6) is 0 Å². The molecule has 3 nitrogen and oxygen atoms in total. The van der Waals surface area contributed by atoms with Crippen LogP contribution in [0.25, 0.3) is 0 Å². The third-order valence-electron chi connectivity index (χ3n) is 4.25. The van der Waals surface area contributed by atoms with Crippen LogP contribution in [0.2, 0.25) is 0 Å². The summed E-state index contributed by atoms with van der Waals surface area (Å²) < 4.78 is 5.44. The lowest BCUT2D eigenvalue weighted by molar-refractivity contribution is 0.0789. The zero-order valence-electron chi connectivity index (χ0n) is 12.3. The Morgan fingerprint density at radius 1 is 1.44 bits per heavy atom. The van der Waals surface area contributed by atoms with Crippen LogP contribution >= 0.6 is 0 Å². The van der Waals surface area contributed by atoms with Crippen molar-refractivity contribution in [3.63, 3.8) is 0 Å². The van der Waals surface area contributed by atoms with Gasteiger partial charge in [0.15, 0.2) is 0 Å². The highest BCUT2D eigenvalue weighted by atomic mass is 16.3. The summed E-state index contributed by atoms with van der Waals surface area (Å²) in [5.74, 6) is 1.71. The van der Waals surface area contributed by atoms with E-state index in [2.05, 4.69) is 32.7 Å². The Morgan fingerprint density at radius 3 is 2.61 bits per heavy atom. The Balaban J connectivity index is 2.75. The van der Waals surface area contributed by atoms with Gasteiger partial charge < -0.3 is 10.2 Å². The minimum absolute atomic E-state index is 0.0855. The number of furan rings is 1. The molecule has 0 radical (unpaired) electrons. The summed E-state index contributed by atoms with van der Waals surface area (Å²) in [6.07, 6.45) is 5.16. The Labute approximate surface area is 111 Å². The van der Waals surface area contributed by atoms with Crippen LogP contribution in [0, 0.1) is 5.92 Å². The van der Waals surface area contributed by atoms with E-state index in [4.69, 9.17) is 10.2 Å². The summed E-state index contributed by atoms with van der Waals surface area (Å²) in [5, 5.41) is 0. The second-order valence-corrected chi connectivity index (χ2v) is 5.43. The van der Waals surface area contributed by atoms with Crippen molar-refractivity contribution in [2.45, 2.75) is 52.1 Å². The predicted molar refractivity (Wildman–Crippen MR) is 76.3 cm³/mol. The molecule has 0 fully saturated rings. The summed E-state index contributed by atoms with van der Waals surface area (Å²) in [4.78, 5) is 2.36. The molecule has 0 aliphatic carbocycles. The second kappa shape index (κ2) is 6.95. The number of rotatable bonds is 8. The van der Waals surface area contributed by atoms with Gasteiger partial charge in [0.2, 0.25) is 0 Å². The zero-order valence-corrected chi connectivity index (χ0v) is 12.3. The highest BCUT2D eigenvalue weighted by Gasteiger charge is 2.32. The molecular weight excluding hydrogens is 224 g/mol. The summed E-state index contributed by atoms with van der Waals surface area (Å²) in [6, 6.07) is 3.96. The van der Waals surface area contributed by atoms with Crippen molar-refractivity contribution >= 4 is 0 Å². The van der Waals surface area contributed by atoms with Crippen molar-refractivity contribution in [1.82, 2.24) is 4.90 Å². The maximum Gasteiger partial charge on any atom is 0.117 e. The van der Waals surface area contributed by atoms with Crippen LogP contribution in [-0.2, 0) is 6.54 Å². The van der Waals surface area contributed by atoms with Crippen molar-refractivity contribution in [1.29, 1.82) is 0 Å². The van der Waals surface area contributed by atoms with Gasteiger partial charge in [-0.05, 0) is 37.9 Å². The monoisotopic (exact) mass is 252 g/mol. The Bertz CT molecular complexity index is 317. The van der Waals surface area contributed by atoms with Crippen LogP contribution in [0.15, 0.2) is 22.8 Å². The van der Waals surface area contributed by atoms with Crippen LogP contribution in [0.1, 0.15) is 45.8 Å². The van der Waals surface area contributed by atoms with Gasteiger partial charge in [-0.15, -0.1) is 0 Å². The molecule has 1 aromatic heterocycles. The van der Waals surface area contributed by atoms with E-state index in [1.807, 2.05) is 12.1 Å². The quantitative estimate of drug-likeness (QED) is 0.772. The van der Waals surface area contributed by atoms with Gasteiger partial charge in [0, 0.05) is 12.1 Å². The SMILES string of the molecule is CCC(C)CC(CC)(CN)N(C)Cc1ccco1. The summed E-state index contributed by atoms with van der Waals surface area (Å²) >= 11 is 0. The molecule has 1 heterocycles. The average Bonchev–Trinajstić information content (AvgIpc) is 2.88. The molecule has 0 aromatic carbocycles. The smallest absolute Gasteiger partial charge is 0.117 e. The maximum absolute atomic E-state index is 6.08. The molecule has 104 valence electrons. The van der Waals surface area contributed by atoms with Gasteiger partial charge in [-0.1, -0.05) is 27.2 Å². The summed E-state index contributed by atoms with van der Waals surface area (Å²) in [6.45, 7) is 8.31. The fourth-order valence-corrected chi connectivity index (χ4v) is 2.55. The van der Waals surface area contributed by atoms with Gasteiger partial charge >= 0.3 is 0 Å². The fraction of sp³-hybridized carbons (Fsp3) is 0.733. The number of likely N-dealkylation sites (N-methyl/N-ethyl adjacent to an activating group) is 1. The molecule has 2 N–H and O–H groups in total. The molecule has 0 bridgehead atoms. The molecular formula is C15H28N2O. The Hall–Kier alpha value is -0.800. The lowest BCUT2D eigenvalue weighted by atomic mass is 9.83. The van der Waals surface area contributed by atoms with E-state index in [-0.39, 0.29) is 5.54 Å². The topological polar surface area (TPSA) is 42.4 Å². The van der Waals surface area contributed by atoms with Gasteiger partial charge in [0.05, 0.1) is 12.8 Å². The lowest BCUT2D eigenvalue weighted by Gasteiger charge is -2.42. The van der Waals surface area contributed by atoms with Crippen molar-refractivity contribution < 1.29 is 4.42 Å². The predicted octanol–water partition coefficient (Wildman–Crippen LogP) is 3.26. The largest absolute Gasteiger partial charge is 0.468 e. The molecule has 18 heavy (non-hydrogen) atoms. The van der Waals surface area contributed by atoms with E-state index in [0.717, 1.165) is 25.1 Å². The maximum atomic E-state index is 6.08. The van der Waals surface area contributed by atoms with E-state index in [0.29, 0.717) is 12.5 Å². The molecule has 2 atom stereocenters.